The van der Waals surface area contributed by atoms with Crippen LogP contribution in [0.4, 0.5) is 0 Å². The van der Waals surface area contributed by atoms with E-state index >= 15 is 0 Å². The lowest BCUT2D eigenvalue weighted by Gasteiger charge is -2.03. The Kier molecular flexibility index (Phi) is 1.39. The molecule has 1 rings (SSSR count). The van der Waals surface area contributed by atoms with E-state index in [0.717, 1.165) is 0 Å². The maximum absolute atomic E-state index is 10.4. The molecule has 0 bridgehead atoms. The van der Waals surface area contributed by atoms with E-state index in [0.29, 0.717) is 12.8 Å². The number of carbonyl (C=O) groups excluding carboxylic acids is 1. The summed E-state index contributed by atoms with van der Waals surface area (Å²) in [7, 11) is 0. The molecule has 1 amide bonds. The average Bonchev–Trinajstić information content (AvgIpc) is 2.46. The van der Waals surface area contributed by atoms with Gasteiger partial charge in [0.25, 0.3) is 0 Å². The van der Waals surface area contributed by atoms with Crippen LogP contribution in [0, 0.1) is 5.41 Å². The third kappa shape index (κ3) is 1.10. The number of carboxylic acid groups (broad SMARTS) is 1. The van der Waals surface area contributed by atoms with E-state index < -0.39 is 17.3 Å². The van der Waals surface area contributed by atoms with Crippen molar-refractivity contribution in [2.75, 3.05) is 0 Å². The van der Waals surface area contributed by atoms with Crippen LogP contribution >= 0.6 is 0 Å². The van der Waals surface area contributed by atoms with Crippen LogP contribution in [0.5, 0.6) is 0 Å². The third-order valence-corrected chi connectivity index (χ3v) is 1.82. The zero-order valence-electron chi connectivity index (χ0n) is 5.46. The predicted octanol–water partition coefficient (Wildman–Crippen LogP) is -0.273. The zero-order valence-corrected chi connectivity index (χ0v) is 5.46. The highest BCUT2D eigenvalue weighted by atomic mass is 16.4. The van der Waals surface area contributed by atoms with Crippen LogP contribution in [-0.2, 0) is 9.59 Å². The van der Waals surface area contributed by atoms with Gasteiger partial charge in [-0.05, 0) is 12.8 Å². The summed E-state index contributed by atoms with van der Waals surface area (Å²) in [6.45, 7) is 0. The van der Waals surface area contributed by atoms with Crippen molar-refractivity contribution < 1.29 is 14.7 Å². The molecule has 0 radical (unpaired) electrons. The number of nitrogens with two attached hydrogens (primary N) is 1. The monoisotopic (exact) mass is 143 g/mol. The molecule has 0 saturated heterocycles. The molecule has 0 atom stereocenters. The van der Waals surface area contributed by atoms with Crippen LogP contribution in [0.3, 0.4) is 0 Å². The Bertz CT molecular complexity index is 183. The quantitative estimate of drug-likeness (QED) is 0.570. The average molecular weight is 143 g/mol. The van der Waals surface area contributed by atoms with Crippen LogP contribution in [0.25, 0.3) is 0 Å². The Hall–Kier alpha value is -1.06. The molecule has 0 aromatic carbocycles. The highest BCUT2D eigenvalue weighted by Gasteiger charge is 2.51. The van der Waals surface area contributed by atoms with Crippen molar-refractivity contribution in [2.45, 2.75) is 19.3 Å². The summed E-state index contributed by atoms with van der Waals surface area (Å²) in [5.41, 5.74) is 4.07. The number of aliphatic carboxylic acids is 1. The molecule has 10 heavy (non-hydrogen) atoms. The Morgan fingerprint density at radius 1 is 1.50 bits per heavy atom. The molecule has 56 valence electrons. The Morgan fingerprint density at radius 3 is 2.10 bits per heavy atom. The minimum absolute atomic E-state index is 0.0116. The fourth-order valence-corrected chi connectivity index (χ4v) is 0.951. The molecule has 1 saturated carbocycles. The van der Waals surface area contributed by atoms with Gasteiger partial charge in [-0.3, -0.25) is 9.59 Å². The molecule has 3 N–H and O–H groups in total. The van der Waals surface area contributed by atoms with Crippen molar-refractivity contribution in [3.63, 3.8) is 0 Å². The number of carboxylic acids is 1. The molecule has 0 aliphatic heterocycles. The van der Waals surface area contributed by atoms with Gasteiger partial charge in [0.05, 0.1) is 5.41 Å². The van der Waals surface area contributed by atoms with Gasteiger partial charge in [0.2, 0.25) is 5.91 Å². The van der Waals surface area contributed by atoms with E-state index in [2.05, 4.69) is 0 Å². The zero-order chi connectivity index (χ0) is 7.78. The lowest BCUT2D eigenvalue weighted by molar-refractivity contribution is -0.145. The Morgan fingerprint density at radius 2 is 2.00 bits per heavy atom. The van der Waals surface area contributed by atoms with Crippen LogP contribution in [0.15, 0.2) is 0 Å². The Labute approximate surface area is 58.0 Å². The SMILES string of the molecule is NC(=O)CC1(C(=O)O)CC1. The number of carbonyl (C=O) groups is 2. The van der Waals surface area contributed by atoms with E-state index in [1.54, 1.807) is 0 Å². The van der Waals surface area contributed by atoms with E-state index in [-0.39, 0.29) is 6.42 Å². The minimum Gasteiger partial charge on any atom is -0.481 e. The molecule has 0 unspecified atom stereocenters. The molecular formula is C6H9NO3. The summed E-state index contributed by atoms with van der Waals surface area (Å²) < 4.78 is 0. The van der Waals surface area contributed by atoms with Gasteiger partial charge in [-0.1, -0.05) is 0 Å². The van der Waals surface area contributed by atoms with Gasteiger partial charge in [0.15, 0.2) is 0 Å². The second-order valence-electron chi connectivity index (χ2n) is 2.73. The number of rotatable bonds is 3. The standard InChI is InChI=1S/C6H9NO3/c7-4(8)3-6(1-2-6)5(9)10/h1-3H2,(H2,7,8)(H,9,10). The van der Waals surface area contributed by atoms with E-state index in [4.69, 9.17) is 10.8 Å². The van der Waals surface area contributed by atoms with Crippen LogP contribution in [0.1, 0.15) is 19.3 Å². The number of hydrogen-bond acceptors (Lipinski definition) is 2. The highest BCUT2D eigenvalue weighted by Crippen LogP contribution is 2.48. The molecule has 4 heteroatoms. The number of hydrogen-bond donors (Lipinski definition) is 2. The van der Waals surface area contributed by atoms with Gasteiger partial charge in [0.1, 0.15) is 0 Å². The highest BCUT2D eigenvalue weighted by molar-refractivity contribution is 5.86. The van der Waals surface area contributed by atoms with Crippen molar-refractivity contribution in [1.29, 1.82) is 0 Å². The largest absolute Gasteiger partial charge is 0.481 e. The van der Waals surface area contributed by atoms with Crippen molar-refractivity contribution in [3.05, 3.63) is 0 Å². The summed E-state index contributed by atoms with van der Waals surface area (Å²) in [6.07, 6.45) is 1.17. The van der Waals surface area contributed by atoms with Gasteiger partial charge < -0.3 is 10.8 Å². The molecule has 1 aliphatic rings. The molecule has 0 aromatic heterocycles. The second-order valence-corrected chi connectivity index (χ2v) is 2.73. The van der Waals surface area contributed by atoms with Crippen molar-refractivity contribution in [3.8, 4) is 0 Å². The summed E-state index contributed by atoms with van der Waals surface area (Å²) >= 11 is 0. The van der Waals surface area contributed by atoms with Crippen molar-refractivity contribution in [1.82, 2.24) is 0 Å². The second kappa shape index (κ2) is 1.97. The third-order valence-electron chi connectivity index (χ3n) is 1.82. The summed E-state index contributed by atoms with van der Waals surface area (Å²) in [6, 6.07) is 0. The smallest absolute Gasteiger partial charge is 0.310 e. The molecular weight excluding hydrogens is 134 g/mol. The maximum Gasteiger partial charge on any atom is 0.310 e. The number of primary amides is 1. The van der Waals surface area contributed by atoms with Gasteiger partial charge in [0, 0.05) is 6.42 Å². The Balaban J connectivity index is 2.53. The van der Waals surface area contributed by atoms with Gasteiger partial charge >= 0.3 is 5.97 Å². The molecule has 0 spiro atoms. The first-order chi connectivity index (χ1) is 4.57. The fourth-order valence-electron chi connectivity index (χ4n) is 0.951. The van der Waals surface area contributed by atoms with Crippen molar-refractivity contribution in [2.24, 2.45) is 11.1 Å². The van der Waals surface area contributed by atoms with Crippen molar-refractivity contribution >= 4 is 11.9 Å². The first-order valence-electron chi connectivity index (χ1n) is 3.08. The normalized spacial score (nSPS) is 20.0. The lowest BCUT2D eigenvalue weighted by atomic mass is 10.0. The molecule has 0 heterocycles. The lowest BCUT2D eigenvalue weighted by Crippen LogP contribution is -2.23. The first kappa shape index (κ1) is 7.05. The molecule has 0 aromatic rings. The van der Waals surface area contributed by atoms with Crippen LogP contribution < -0.4 is 5.73 Å². The minimum atomic E-state index is -0.897. The van der Waals surface area contributed by atoms with Gasteiger partial charge in [-0.15, -0.1) is 0 Å². The van der Waals surface area contributed by atoms with Gasteiger partial charge in [-0.25, -0.2) is 0 Å². The number of amides is 1. The van der Waals surface area contributed by atoms with E-state index in [1.807, 2.05) is 0 Å². The summed E-state index contributed by atoms with van der Waals surface area (Å²) in [5.74, 6) is -1.42. The first-order valence-corrected chi connectivity index (χ1v) is 3.08. The van der Waals surface area contributed by atoms with Gasteiger partial charge in [-0.2, -0.15) is 0 Å². The summed E-state index contributed by atoms with van der Waals surface area (Å²) in [4.78, 5) is 20.7. The topological polar surface area (TPSA) is 80.4 Å². The predicted molar refractivity (Wildman–Crippen MR) is 33.1 cm³/mol. The summed E-state index contributed by atoms with van der Waals surface area (Å²) in [5, 5.41) is 8.54. The van der Waals surface area contributed by atoms with Crippen LogP contribution in [-0.4, -0.2) is 17.0 Å². The van der Waals surface area contributed by atoms with Crippen LogP contribution in [0.2, 0.25) is 0 Å². The van der Waals surface area contributed by atoms with E-state index in [9.17, 15) is 9.59 Å². The maximum atomic E-state index is 10.4. The molecule has 1 aliphatic carbocycles. The molecule has 4 nitrogen and oxygen atoms in total. The van der Waals surface area contributed by atoms with E-state index in [1.165, 1.54) is 0 Å². The molecule has 1 fully saturated rings. The fraction of sp³-hybridized carbons (Fsp3) is 0.667.